The van der Waals surface area contributed by atoms with Crippen LogP contribution in [0, 0.1) is 0 Å². The summed E-state index contributed by atoms with van der Waals surface area (Å²) < 4.78 is 5.18. The minimum absolute atomic E-state index is 0.137. The van der Waals surface area contributed by atoms with Gasteiger partial charge < -0.3 is 15.4 Å². The number of hydrogen-bond donors (Lipinski definition) is 1. The van der Waals surface area contributed by atoms with E-state index >= 15 is 0 Å². The molecule has 1 atom stereocenters. The summed E-state index contributed by atoms with van der Waals surface area (Å²) >= 11 is 0. The fourth-order valence-corrected chi connectivity index (χ4v) is 1.99. The molecule has 0 aromatic heterocycles. The lowest BCUT2D eigenvalue weighted by molar-refractivity contribution is 0.312. The summed E-state index contributed by atoms with van der Waals surface area (Å²) in [5, 5.41) is 0. The van der Waals surface area contributed by atoms with E-state index in [9.17, 15) is 0 Å². The molecule has 1 heterocycles. The summed E-state index contributed by atoms with van der Waals surface area (Å²) in [5.74, 6) is 0. The Labute approximate surface area is 102 Å². The molecule has 0 amide bonds. The third kappa shape index (κ3) is 2.90. The zero-order chi connectivity index (χ0) is 12.3. The largest absolute Gasteiger partial charge is 0.463 e. The average Bonchev–Trinajstić information content (AvgIpc) is 2.73. The predicted octanol–water partition coefficient (Wildman–Crippen LogP) is 1.61. The molecule has 0 fully saturated rings. The summed E-state index contributed by atoms with van der Waals surface area (Å²) in [6, 6.07) is 11.2. The van der Waals surface area contributed by atoms with Gasteiger partial charge >= 0.3 is 0 Å². The highest BCUT2D eigenvalue weighted by molar-refractivity contribution is 5.73. The van der Waals surface area contributed by atoms with Gasteiger partial charge in [-0.15, -0.1) is 0 Å². The van der Waals surface area contributed by atoms with Crippen molar-refractivity contribution < 1.29 is 4.74 Å². The van der Waals surface area contributed by atoms with Crippen LogP contribution in [-0.2, 0) is 4.74 Å². The van der Waals surface area contributed by atoms with E-state index in [2.05, 4.69) is 35.9 Å². The standard InChI is InChI=1S/C13H19N3O/c1-10(2)16(12-6-4-3-5-7-12)8-11-9-17-13(14)15-11/h3-7,10-11H,8-9H2,1-2H3,(H2,14,15)/t11-/m1/s1. The van der Waals surface area contributed by atoms with E-state index in [1.54, 1.807) is 0 Å². The van der Waals surface area contributed by atoms with Crippen molar-refractivity contribution >= 4 is 11.7 Å². The first-order valence-electron chi connectivity index (χ1n) is 5.94. The molecule has 92 valence electrons. The van der Waals surface area contributed by atoms with Crippen LogP contribution in [0.4, 0.5) is 5.69 Å². The van der Waals surface area contributed by atoms with Crippen molar-refractivity contribution in [2.24, 2.45) is 10.7 Å². The number of ether oxygens (including phenoxy) is 1. The molecular formula is C13H19N3O. The van der Waals surface area contributed by atoms with Gasteiger partial charge in [0.25, 0.3) is 6.02 Å². The van der Waals surface area contributed by atoms with Crippen LogP contribution in [0.3, 0.4) is 0 Å². The summed E-state index contributed by atoms with van der Waals surface area (Å²) in [5.41, 5.74) is 6.74. The fourth-order valence-electron chi connectivity index (χ4n) is 1.99. The SMILES string of the molecule is CC(C)N(C[C@@H]1COC(N)=N1)c1ccccc1. The molecule has 4 nitrogen and oxygen atoms in total. The maximum absolute atomic E-state index is 5.52. The van der Waals surface area contributed by atoms with E-state index in [1.807, 2.05) is 18.2 Å². The molecule has 2 rings (SSSR count). The average molecular weight is 233 g/mol. The Balaban J connectivity index is 2.09. The van der Waals surface area contributed by atoms with Gasteiger partial charge in [-0.25, -0.2) is 4.99 Å². The highest BCUT2D eigenvalue weighted by Crippen LogP contribution is 2.18. The van der Waals surface area contributed by atoms with Crippen molar-refractivity contribution in [1.82, 2.24) is 0 Å². The molecule has 1 aliphatic heterocycles. The number of aliphatic imine (C=N–C) groups is 1. The number of amidine groups is 1. The van der Waals surface area contributed by atoms with Crippen LogP contribution in [0.2, 0.25) is 0 Å². The van der Waals surface area contributed by atoms with Gasteiger partial charge in [0.05, 0.1) is 0 Å². The third-order valence-electron chi connectivity index (χ3n) is 2.85. The molecule has 1 aliphatic rings. The molecule has 17 heavy (non-hydrogen) atoms. The lowest BCUT2D eigenvalue weighted by atomic mass is 10.2. The Morgan fingerprint density at radius 3 is 2.65 bits per heavy atom. The molecule has 0 saturated carbocycles. The molecule has 4 heteroatoms. The van der Waals surface area contributed by atoms with Crippen LogP contribution >= 0.6 is 0 Å². The molecule has 2 N–H and O–H groups in total. The Hall–Kier alpha value is -1.71. The quantitative estimate of drug-likeness (QED) is 0.859. The maximum atomic E-state index is 5.52. The van der Waals surface area contributed by atoms with Crippen LogP contribution in [-0.4, -0.2) is 31.3 Å². The first-order valence-corrected chi connectivity index (χ1v) is 5.94. The van der Waals surface area contributed by atoms with Gasteiger partial charge in [0, 0.05) is 18.3 Å². The topological polar surface area (TPSA) is 50.9 Å². The summed E-state index contributed by atoms with van der Waals surface area (Å²) in [6.45, 7) is 5.77. The molecule has 0 aliphatic carbocycles. The molecule has 0 unspecified atom stereocenters. The summed E-state index contributed by atoms with van der Waals surface area (Å²) in [7, 11) is 0. The van der Waals surface area contributed by atoms with Crippen LogP contribution in [0.1, 0.15) is 13.8 Å². The molecule has 1 aromatic rings. The Kier molecular flexibility index (Phi) is 3.52. The van der Waals surface area contributed by atoms with Crippen molar-refractivity contribution in [2.45, 2.75) is 25.9 Å². The second-order valence-electron chi connectivity index (χ2n) is 4.51. The number of benzene rings is 1. The van der Waals surface area contributed by atoms with Crippen molar-refractivity contribution in [3.8, 4) is 0 Å². The molecule has 0 radical (unpaired) electrons. The van der Waals surface area contributed by atoms with E-state index < -0.39 is 0 Å². The van der Waals surface area contributed by atoms with Crippen molar-refractivity contribution in [3.63, 3.8) is 0 Å². The molecular weight excluding hydrogens is 214 g/mol. The van der Waals surface area contributed by atoms with Gasteiger partial charge in [-0.2, -0.15) is 0 Å². The Morgan fingerprint density at radius 2 is 2.12 bits per heavy atom. The van der Waals surface area contributed by atoms with E-state index in [0.717, 1.165) is 6.54 Å². The van der Waals surface area contributed by atoms with E-state index in [4.69, 9.17) is 10.5 Å². The Bertz CT molecular complexity index is 389. The lowest BCUT2D eigenvalue weighted by Crippen LogP contribution is -2.37. The zero-order valence-corrected chi connectivity index (χ0v) is 10.3. The summed E-state index contributed by atoms with van der Waals surface area (Å²) in [6.07, 6.45) is 0. The minimum Gasteiger partial charge on any atom is -0.463 e. The fraction of sp³-hybridized carbons (Fsp3) is 0.462. The Morgan fingerprint density at radius 1 is 1.41 bits per heavy atom. The van der Waals surface area contributed by atoms with Crippen LogP contribution in [0.15, 0.2) is 35.3 Å². The van der Waals surface area contributed by atoms with Crippen molar-refractivity contribution in [1.29, 1.82) is 0 Å². The molecule has 0 bridgehead atoms. The van der Waals surface area contributed by atoms with Crippen LogP contribution in [0.25, 0.3) is 0 Å². The second-order valence-corrected chi connectivity index (χ2v) is 4.51. The van der Waals surface area contributed by atoms with E-state index in [1.165, 1.54) is 5.69 Å². The molecule has 0 saturated heterocycles. The molecule has 1 aromatic carbocycles. The first-order chi connectivity index (χ1) is 8.16. The predicted molar refractivity (Wildman–Crippen MR) is 70.3 cm³/mol. The number of nitrogens with zero attached hydrogens (tertiary/aromatic N) is 2. The van der Waals surface area contributed by atoms with Gasteiger partial charge in [-0.1, -0.05) is 18.2 Å². The van der Waals surface area contributed by atoms with Gasteiger partial charge in [-0.3, -0.25) is 0 Å². The lowest BCUT2D eigenvalue weighted by Gasteiger charge is -2.30. The van der Waals surface area contributed by atoms with Gasteiger partial charge in [0.15, 0.2) is 0 Å². The number of rotatable bonds is 4. The minimum atomic E-state index is 0.137. The van der Waals surface area contributed by atoms with Crippen LogP contribution < -0.4 is 10.6 Å². The normalized spacial score (nSPS) is 19.0. The number of para-hydroxylation sites is 1. The number of hydrogen-bond acceptors (Lipinski definition) is 4. The highest BCUT2D eigenvalue weighted by Gasteiger charge is 2.21. The van der Waals surface area contributed by atoms with Gasteiger partial charge in [0.2, 0.25) is 0 Å². The second kappa shape index (κ2) is 5.08. The maximum Gasteiger partial charge on any atom is 0.282 e. The third-order valence-corrected chi connectivity index (χ3v) is 2.85. The van der Waals surface area contributed by atoms with Gasteiger partial charge in [0.1, 0.15) is 12.6 Å². The van der Waals surface area contributed by atoms with Gasteiger partial charge in [-0.05, 0) is 26.0 Å². The monoisotopic (exact) mass is 233 g/mol. The van der Waals surface area contributed by atoms with E-state index in [0.29, 0.717) is 18.7 Å². The highest BCUT2D eigenvalue weighted by atomic mass is 16.5. The smallest absolute Gasteiger partial charge is 0.282 e. The summed E-state index contributed by atoms with van der Waals surface area (Å²) in [4.78, 5) is 6.58. The zero-order valence-electron chi connectivity index (χ0n) is 10.3. The molecule has 0 spiro atoms. The van der Waals surface area contributed by atoms with Crippen LogP contribution in [0.5, 0.6) is 0 Å². The number of anilines is 1. The number of nitrogens with two attached hydrogens (primary N) is 1. The van der Waals surface area contributed by atoms with E-state index in [-0.39, 0.29) is 6.04 Å². The first kappa shape index (κ1) is 11.8. The van der Waals surface area contributed by atoms with Crippen molar-refractivity contribution in [2.75, 3.05) is 18.1 Å². The van der Waals surface area contributed by atoms with Crippen molar-refractivity contribution in [3.05, 3.63) is 30.3 Å².